The van der Waals surface area contributed by atoms with Gasteiger partial charge in [-0.25, -0.2) is 10.3 Å². The fraction of sp³-hybridized carbons (Fsp3) is 0.833. The zero-order valence-electron chi connectivity index (χ0n) is 10.8. The second-order valence-corrected chi connectivity index (χ2v) is 5.65. The molecule has 0 aromatic heterocycles. The maximum absolute atomic E-state index is 11.3. The molecule has 0 spiro atoms. The van der Waals surface area contributed by atoms with Gasteiger partial charge < -0.3 is 4.84 Å². The molecule has 0 amide bonds. The van der Waals surface area contributed by atoms with Gasteiger partial charge in [-0.05, 0) is 25.1 Å². The summed E-state index contributed by atoms with van der Waals surface area (Å²) in [4.78, 5) is 16.2. The van der Waals surface area contributed by atoms with E-state index >= 15 is 0 Å². The first-order valence-electron chi connectivity index (χ1n) is 6.33. The second kappa shape index (κ2) is 12.2. The Hall–Kier alpha value is -0.290. The highest BCUT2D eigenvalue weighted by atomic mass is 32.2. The van der Waals surface area contributed by atoms with Gasteiger partial charge in [0.15, 0.2) is 4.32 Å². The number of carbonyl (C=O) groups excluding carboxylic acids is 1. The lowest BCUT2D eigenvalue weighted by molar-refractivity contribution is -0.147. The maximum atomic E-state index is 11.3. The van der Waals surface area contributed by atoms with Gasteiger partial charge in [-0.1, -0.05) is 51.3 Å². The summed E-state index contributed by atoms with van der Waals surface area (Å²) in [5.74, 6) is 0.723. The van der Waals surface area contributed by atoms with Gasteiger partial charge in [-0.2, -0.15) is 0 Å². The molecule has 100 valence electrons. The van der Waals surface area contributed by atoms with E-state index in [1.54, 1.807) is 0 Å². The van der Waals surface area contributed by atoms with Crippen LogP contribution in [-0.2, 0) is 9.63 Å². The molecule has 0 aromatic carbocycles. The normalized spacial score (nSPS) is 10.0. The molecule has 0 aliphatic carbocycles. The minimum Gasteiger partial charge on any atom is -0.342 e. The van der Waals surface area contributed by atoms with E-state index in [-0.39, 0.29) is 5.97 Å². The van der Waals surface area contributed by atoms with E-state index < -0.39 is 0 Å². The van der Waals surface area contributed by atoms with E-state index in [0.29, 0.717) is 10.7 Å². The fourth-order valence-electron chi connectivity index (χ4n) is 1.25. The van der Waals surface area contributed by atoms with Gasteiger partial charge in [-0.3, -0.25) is 0 Å². The summed E-state index contributed by atoms with van der Waals surface area (Å²) in [5, 5.41) is 0. The van der Waals surface area contributed by atoms with Gasteiger partial charge in [0.05, 0.1) is 0 Å². The number of thioether (sulfide) groups is 1. The van der Waals surface area contributed by atoms with Crippen molar-refractivity contribution in [2.24, 2.45) is 0 Å². The van der Waals surface area contributed by atoms with Crippen molar-refractivity contribution in [1.29, 1.82) is 0 Å². The Labute approximate surface area is 114 Å². The molecule has 1 N–H and O–H groups in total. The van der Waals surface area contributed by atoms with E-state index in [1.807, 2.05) is 0 Å². The Bertz CT molecular complexity index is 223. The van der Waals surface area contributed by atoms with Gasteiger partial charge >= 0.3 is 5.97 Å². The van der Waals surface area contributed by atoms with Crippen LogP contribution in [0.4, 0.5) is 0 Å². The average Bonchev–Trinajstić information content (AvgIpc) is 2.33. The van der Waals surface area contributed by atoms with Gasteiger partial charge in [0, 0.05) is 12.2 Å². The maximum Gasteiger partial charge on any atom is 0.332 e. The van der Waals surface area contributed by atoms with Crippen LogP contribution in [0.3, 0.4) is 0 Å². The molecule has 17 heavy (non-hydrogen) atoms. The van der Waals surface area contributed by atoms with Crippen molar-refractivity contribution in [1.82, 2.24) is 5.48 Å². The van der Waals surface area contributed by atoms with E-state index in [1.165, 1.54) is 31.0 Å². The van der Waals surface area contributed by atoms with Crippen LogP contribution in [0.15, 0.2) is 0 Å². The molecule has 0 radical (unpaired) electrons. The molecule has 3 nitrogen and oxygen atoms in total. The fourth-order valence-corrected chi connectivity index (χ4v) is 2.03. The molecular formula is C12H23NO2S2. The van der Waals surface area contributed by atoms with Gasteiger partial charge in [0.2, 0.25) is 0 Å². The van der Waals surface area contributed by atoms with Gasteiger partial charge in [-0.15, -0.1) is 0 Å². The van der Waals surface area contributed by atoms with Crippen LogP contribution in [0.2, 0.25) is 0 Å². The molecule has 0 fully saturated rings. The summed E-state index contributed by atoms with van der Waals surface area (Å²) in [5.41, 5.74) is 2.51. The molecule has 0 heterocycles. The highest BCUT2D eigenvalue weighted by molar-refractivity contribution is 8.22. The predicted molar refractivity (Wildman–Crippen MR) is 78.0 cm³/mol. The number of unbranched alkanes of at least 4 members (excludes halogenated alkanes) is 4. The summed E-state index contributed by atoms with van der Waals surface area (Å²) in [6.45, 7) is 4.25. The van der Waals surface area contributed by atoms with Crippen molar-refractivity contribution < 1.29 is 9.63 Å². The number of hydrogen-bond acceptors (Lipinski definition) is 4. The Morgan fingerprint density at radius 2 is 1.88 bits per heavy atom. The van der Waals surface area contributed by atoms with E-state index in [9.17, 15) is 4.79 Å². The molecular weight excluding hydrogens is 254 g/mol. The van der Waals surface area contributed by atoms with Crippen LogP contribution in [0.1, 0.15) is 58.8 Å². The molecule has 0 rings (SSSR count). The molecule has 0 atom stereocenters. The molecule has 0 saturated heterocycles. The first-order chi connectivity index (χ1) is 8.20. The number of thiocarbonyl (C=S) groups is 1. The second-order valence-electron chi connectivity index (χ2n) is 3.88. The standard InChI is InChI=1S/C12H23NO2S2/c1-3-5-6-7-8-9-11(14)15-13-12(16)17-10-4-2/h3-10H2,1-2H3,(H,13,16). The largest absolute Gasteiger partial charge is 0.342 e. The van der Waals surface area contributed by atoms with E-state index in [4.69, 9.17) is 17.1 Å². The minimum atomic E-state index is -0.221. The molecule has 0 aromatic rings. The molecule has 0 bridgehead atoms. The summed E-state index contributed by atoms with van der Waals surface area (Å²) >= 11 is 6.48. The number of nitrogens with one attached hydrogen (secondary N) is 1. The number of rotatable bonds is 8. The average molecular weight is 277 g/mol. The van der Waals surface area contributed by atoms with Crippen molar-refractivity contribution in [3.8, 4) is 0 Å². The lowest BCUT2D eigenvalue weighted by Gasteiger charge is -2.06. The van der Waals surface area contributed by atoms with Crippen molar-refractivity contribution in [2.75, 3.05) is 5.75 Å². The Morgan fingerprint density at radius 1 is 1.18 bits per heavy atom. The van der Waals surface area contributed by atoms with Gasteiger partial charge in [0.1, 0.15) is 0 Å². The molecule has 0 aliphatic rings. The SMILES string of the molecule is CCCCCCCC(=O)ONC(=S)SCCC. The minimum absolute atomic E-state index is 0.221. The number of hydroxylamine groups is 1. The summed E-state index contributed by atoms with van der Waals surface area (Å²) in [7, 11) is 0. The smallest absolute Gasteiger partial charge is 0.332 e. The third kappa shape index (κ3) is 12.0. The number of carbonyl (C=O) groups is 1. The summed E-state index contributed by atoms with van der Waals surface area (Å²) in [6.07, 6.45) is 7.17. The molecule has 0 aliphatic heterocycles. The molecule has 0 unspecified atom stereocenters. The van der Waals surface area contributed by atoms with Crippen LogP contribution in [0.5, 0.6) is 0 Å². The molecule has 0 saturated carbocycles. The Kier molecular flexibility index (Phi) is 12.0. The third-order valence-electron chi connectivity index (χ3n) is 2.17. The quantitative estimate of drug-likeness (QED) is 0.415. The zero-order valence-corrected chi connectivity index (χ0v) is 12.4. The summed E-state index contributed by atoms with van der Waals surface area (Å²) < 4.78 is 0.534. The first-order valence-corrected chi connectivity index (χ1v) is 7.72. The predicted octanol–water partition coefficient (Wildman–Crippen LogP) is 3.82. The Balaban J connectivity index is 3.36. The van der Waals surface area contributed by atoms with Crippen LogP contribution in [0.25, 0.3) is 0 Å². The van der Waals surface area contributed by atoms with Crippen LogP contribution < -0.4 is 5.48 Å². The van der Waals surface area contributed by atoms with E-state index in [0.717, 1.165) is 25.0 Å². The topological polar surface area (TPSA) is 38.3 Å². The summed E-state index contributed by atoms with van der Waals surface area (Å²) in [6, 6.07) is 0. The highest BCUT2D eigenvalue weighted by Crippen LogP contribution is 2.06. The third-order valence-corrected chi connectivity index (χ3v) is 3.56. The van der Waals surface area contributed by atoms with Crippen LogP contribution in [-0.4, -0.2) is 16.0 Å². The molecule has 5 heteroatoms. The first kappa shape index (κ1) is 16.7. The van der Waals surface area contributed by atoms with Crippen molar-refractivity contribution >= 4 is 34.3 Å². The van der Waals surface area contributed by atoms with Crippen molar-refractivity contribution in [3.05, 3.63) is 0 Å². The zero-order chi connectivity index (χ0) is 12.9. The highest BCUT2D eigenvalue weighted by Gasteiger charge is 2.04. The monoisotopic (exact) mass is 277 g/mol. The van der Waals surface area contributed by atoms with Crippen LogP contribution >= 0.6 is 24.0 Å². The van der Waals surface area contributed by atoms with Crippen molar-refractivity contribution in [3.63, 3.8) is 0 Å². The number of hydrogen-bond donors (Lipinski definition) is 1. The lowest BCUT2D eigenvalue weighted by Crippen LogP contribution is -2.23. The van der Waals surface area contributed by atoms with Crippen molar-refractivity contribution in [2.45, 2.75) is 58.8 Å². The van der Waals surface area contributed by atoms with Gasteiger partial charge in [0.25, 0.3) is 0 Å². The van der Waals surface area contributed by atoms with Crippen LogP contribution in [0, 0.1) is 0 Å². The van der Waals surface area contributed by atoms with E-state index in [2.05, 4.69) is 19.3 Å². The Morgan fingerprint density at radius 3 is 2.53 bits per heavy atom. The lowest BCUT2D eigenvalue weighted by atomic mass is 10.1.